The van der Waals surface area contributed by atoms with Crippen molar-refractivity contribution in [2.24, 2.45) is 0 Å². The van der Waals surface area contributed by atoms with Gasteiger partial charge in [0.25, 0.3) is 0 Å². The van der Waals surface area contributed by atoms with E-state index in [1.807, 2.05) is 13.8 Å². The van der Waals surface area contributed by atoms with Crippen LogP contribution in [0.4, 0.5) is 0 Å². The second kappa shape index (κ2) is 6.83. The Kier molecular flexibility index (Phi) is 6.99. The first kappa shape index (κ1) is 15.3. The molecule has 0 heterocycles. The van der Waals surface area contributed by atoms with E-state index in [4.69, 9.17) is 0 Å². The van der Waals surface area contributed by atoms with Gasteiger partial charge in [0.1, 0.15) is 0 Å². The van der Waals surface area contributed by atoms with Crippen LogP contribution < -0.4 is 0 Å². The number of aldehydes is 1. The molecule has 0 aliphatic carbocycles. The lowest BCUT2D eigenvalue weighted by Gasteiger charge is -2.14. The van der Waals surface area contributed by atoms with Crippen LogP contribution in [0.15, 0.2) is 0 Å². The van der Waals surface area contributed by atoms with Gasteiger partial charge in [-0.25, -0.2) is 0 Å². The third-order valence-corrected chi connectivity index (χ3v) is 3.18. The van der Waals surface area contributed by atoms with Gasteiger partial charge in [0, 0.05) is 42.8 Å². The topological polar surface area (TPSA) is 17.1 Å². The maximum atomic E-state index is 10.9. The molecule has 0 saturated heterocycles. The van der Waals surface area contributed by atoms with Crippen LogP contribution in [0.3, 0.4) is 0 Å². The summed E-state index contributed by atoms with van der Waals surface area (Å²) in [5, 5.41) is 0. The fraction of sp³-hybridized carbons (Fsp3) is 0.417. The first-order valence-electron chi connectivity index (χ1n) is 4.67. The Hall–Kier alpha value is 0.350. The summed E-state index contributed by atoms with van der Waals surface area (Å²) in [7, 11) is 0. The van der Waals surface area contributed by atoms with E-state index in [0.29, 0.717) is 0 Å². The third-order valence-electron chi connectivity index (χ3n) is 3.18. The Morgan fingerprint density at radius 2 is 1.00 bits per heavy atom. The van der Waals surface area contributed by atoms with Crippen molar-refractivity contribution in [3.8, 4) is 0 Å². The minimum absolute atomic E-state index is 0.862. The minimum atomic E-state index is 0.862. The molecular formula is C12H16I2O. The minimum Gasteiger partial charge on any atom is -0.298 e. The SMILES string of the molecule is Cc1c(C)c(C)c(C=O)c(C)c1C.II. The lowest BCUT2D eigenvalue weighted by molar-refractivity contribution is 0.112. The van der Waals surface area contributed by atoms with Gasteiger partial charge in [-0.3, -0.25) is 4.79 Å². The predicted octanol–water partition coefficient (Wildman–Crippen LogP) is 4.81. The van der Waals surface area contributed by atoms with Crippen molar-refractivity contribution in [3.63, 3.8) is 0 Å². The maximum absolute atomic E-state index is 10.9. The Morgan fingerprint density at radius 3 is 1.27 bits per heavy atom. The molecule has 3 heteroatoms. The molecule has 0 aliphatic rings. The van der Waals surface area contributed by atoms with Gasteiger partial charge >= 0.3 is 0 Å². The summed E-state index contributed by atoms with van der Waals surface area (Å²) in [6.07, 6.45) is 0.962. The number of hydrogen-bond acceptors (Lipinski definition) is 1. The van der Waals surface area contributed by atoms with Gasteiger partial charge in [-0.15, -0.1) is 0 Å². The zero-order valence-corrected chi connectivity index (χ0v) is 14.1. The summed E-state index contributed by atoms with van der Waals surface area (Å²) < 4.78 is 0. The van der Waals surface area contributed by atoms with Gasteiger partial charge in [-0.05, 0) is 62.4 Å². The molecular weight excluding hydrogens is 414 g/mol. The van der Waals surface area contributed by atoms with Crippen molar-refractivity contribution < 1.29 is 4.79 Å². The molecule has 0 amide bonds. The highest BCUT2D eigenvalue weighted by Gasteiger charge is 2.10. The number of rotatable bonds is 1. The quantitative estimate of drug-likeness (QED) is 0.462. The molecule has 0 bridgehead atoms. The highest BCUT2D eigenvalue weighted by atomic mass is 128. The van der Waals surface area contributed by atoms with Gasteiger partial charge in [0.2, 0.25) is 0 Å². The van der Waals surface area contributed by atoms with Gasteiger partial charge in [-0.2, -0.15) is 0 Å². The first-order chi connectivity index (χ1) is 7.00. The molecule has 0 spiro atoms. The molecule has 0 aliphatic heterocycles. The number of hydrogen-bond donors (Lipinski definition) is 0. The number of carbonyl (C=O) groups excluding carboxylic acids is 1. The van der Waals surface area contributed by atoms with Crippen molar-refractivity contribution in [3.05, 3.63) is 33.4 Å². The van der Waals surface area contributed by atoms with Crippen molar-refractivity contribution in [2.45, 2.75) is 34.6 Å². The summed E-state index contributed by atoms with van der Waals surface area (Å²) in [4.78, 5) is 10.9. The van der Waals surface area contributed by atoms with Crippen LogP contribution in [0, 0.1) is 34.6 Å². The van der Waals surface area contributed by atoms with Crippen molar-refractivity contribution in [1.29, 1.82) is 0 Å². The Balaban J connectivity index is 0.000000921. The van der Waals surface area contributed by atoms with E-state index in [0.717, 1.165) is 23.0 Å². The highest BCUT2D eigenvalue weighted by Crippen LogP contribution is 2.24. The highest BCUT2D eigenvalue weighted by molar-refractivity contribution is 15.0. The average molecular weight is 430 g/mol. The van der Waals surface area contributed by atoms with Crippen LogP contribution in [0.1, 0.15) is 38.2 Å². The summed E-state index contributed by atoms with van der Waals surface area (Å²) in [5.74, 6) is 0. The largest absolute Gasteiger partial charge is 0.298 e. The molecule has 1 rings (SSSR count). The summed E-state index contributed by atoms with van der Waals surface area (Å²) >= 11 is 4.24. The van der Waals surface area contributed by atoms with Crippen molar-refractivity contribution in [2.75, 3.05) is 0 Å². The molecule has 84 valence electrons. The molecule has 0 aromatic heterocycles. The molecule has 1 aromatic carbocycles. The van der Waals surface area contributed by atoms with Crippen LogP contribution in [0.25, 0.3) is 0 Å². The monoisotopic (exact) mass is 430 g/mol. The van der Waals surface area contributed by atoms with E-state index >= 15 is 0 Å². The molecule has 1 aromatic rings. The zero-order chi connectivity index (χ0) is 12.2. The molecule has 0 N–H and O–H groups in total. The van der Waals surface area contributed by atoms with Gasteiger partial charge in [0.05, 0.1) is 0 Å². The molecule has 15 heavy (non-hydrogen) atoms. The number of carbonyl (C=O) groups is 1. The second-order valence-electron chi connectivity index (χ2n) is 3.66. The van der Waals surface area contributed by atoms with E-state index in [1.54, 1.807) is 0 Å². The predicted molar refractivity (Wildman–Crippen MR) is 83.6 cm³/mol. The first-order valence-corrected chi connectivity index (χ1v) is 11.0. The standard InChI is InChI=1S/C12H16O.I2/c1-7-8(2)10(4)12(6-13)11(5)9(7)3;1-2/h6H,1-5H3;. The molecule has 0 unspecified atom stereocenters. The van der Waals surface area contributed by atoms with Crippen LogP contribution in [-0.2, 0) is 0 Å². The third kappa shape index (κ3) is 3.15. The number of benzene rings is 1. The van der Waals surface area contributed by atoms with Crippen molar-refractivity contribution in [1.82, 2.24) is 0 Å². The lowest BCUT2D eigenvalue weighted by atomic mass is 9.90. The van der Waals surface area contributed by atoms with E-state index in [1.165, 1.54) is 16.7 Å². The molecule has 0 saturated carbocycles. The molecule has 1 nitrogen and oxygen atoms in total. The Morgan fingerprint density at radius 1 is 0.733 bits per heavy atom. The lowest BCUT2D eigenvalue weighted by Crippen LogP contribution is -2.01. The van der Waals surface area contributed by atoms with Gasteiger partial charge in [0.15, 0.2) is 6.29 Å². The van der Waals surface area contributed by atoms with E-state index in [-0.39, 0.29) is 0 Å². The van der Waals surface area contributed by atoms with E-state index in [9.17, 15) is 4.79 Å². The van der Waals surface area contributed by atoms with Gasteiger partial charge in [-0.1, -0.05) is 0 Å². The maximum Gasteiger partial charge on any atom is 0.150 e. The average Bonchev–Trinajstić information content (AvgIpc) is 2.27. The summed E-state index contributed by atoms with van der Waals surface area (Å²) in [5.41, 5.74) is 6.89. The zero-order valence-electron chi connectivity index (χ0n) is 9.74. The molecule has 0 fully saturated rings. The number of halogens is 2. The molecule has 0 radical (unpaired) electrons. The molecule has 0 atom stereocenters. The fourth-order valence-electron chi connectivity index (χ4n) is 1.71. The summed E-state index contributed by atoms with van der Waals surface area (Å²) in [6.45, 7) is 10.3. The van der Waals surface area contributed by atoms with E-state index in [2.05, 4.69) is 58.0 Å². The van der Waals surface area contributed by atoms with Crippen LogP contribution >= 0.6 is 37.2 Å². The van der Waals surface area contributed by atoms with Crippen LogP contribution in [0.2, 0.25) is 0 Å². The van der Waals surface area contributed by atoms with Gasteiger partial charge < -0.3 is 0 Å². The summed E-state index contributed by atoms with van der Waals surface area (Å²) in [6, 6.07) is 0. The van der Waals surface area contributed by atoms with E-state index < -0.39 is 0 Å². The normalized spacial score (nSPS) is 9.27. The van der Waals surface area contributed by atoms with Crippen molar-refractivity contribution >= 4 is 43.5 Å². The van der Waals surface area contributed by atoms with Crippen LogP contribution in [0.5, 0.6) is 0 Å². The Bertz CT molecular complexity index is 341. The Labute approximate surface area is 115 Å². The van der Waals surface area contributed by atoms with Crippen LogP contribution in [-0.4, -0.2) is 6.29 Å². The second-order valence-corrected chi connectivity index (χ2v) is 3.66. The fourth-order valence-corrected chi connectivity index (χ4v) is 1.71. The smallest absolute Gasteiger partial charge is 0.150 e.